The van der Waals surface area contributed by atoms with E-state index in [0.29, 0.717) is 0 Å². The number of carbonyl (C=O) groups excluding carboxylic acids is 4. The Morgan fingerprint density at radius 2 is 1.85 bits per heavy atom. The van der Waals surface area contributed by atoms with Gasteiger partial charge in [-0.2, -0.15) is 0 Å². The predicted molar refractivity (Wildman–Crippen MR) is 114 cm³/mol. The number of aromatic hydroxyl groups is 1. The van der Waals surface area contributed by atoms with E-state index in [1.807, 2.05) is 6.07 Å². The first-order chi connectivity index (χ1) is 16.4. The number of cyclic esters (lactones) is 2. The summed E-state index contributed by atoms with van der Waals surface area (Å²) in [7, 11) is 1.32. The number of hydrogen-bond donors (Lipinski definition) is 3. The first kappa shape index (κ1) is 24.3. The number of esters is 2. The van der Waals surface area contributed by atoms with E-state index in [4.69, 9.17) is 18.9 Å². The summed E-state index contributed by atoms with van der Waals surface area (Å²) in [6, 6.07) is 7.99. The fraction of sp³-hybridized carbons (Fsp3) is 0.318. The van der Waals surface area contributed by atoms with Gasteiger partial charge in [-0.05, 0) is 5.56 Å². The van der Waals surface area contributed by atoms with E-state index in [9.17, 15) is 24.3 Å². The summed E-state index contributed by atoms with van der Waals surface area (Å²) in [5, 5.41) is 14.8. The molecule has 1 saturated heterocycles. The minimum Gasteiger partial charge on any atom is -0.503 e. The van der Waals surface area contributed by atoms with Crippen LogP contribution in [-0.4, -0.2) is 66.4 Å². The van der Waals surface area contributed by atoms with Crippen molar-refractivity contribution in [3.63, 3.8) is 0 Å². The van der Waals surface area contributed by atoms with Crippen molar-refractivity contribution in [2.24, 2.45) is 0 Å². The van der Waals surface area contributed by atoms with Crippen molar-refractivity contribution < 1.29 is 43.2 Å². The number of hydrogen-bond acceptors (Lipinski definition) is 10. The van der Waals surface area contributed by atoms with E-state index in [-0.39, 0.29) is 31.3 Å². The van der Waals surface area contributed by atoms with Crippen molar-refractivity contribution in [3.8, 4) is 11.5 Å². The molecule has 2 amide bonds. The predicted octanol–water partition coefficient (Wildman–Crippen LogP) is 0.679. The second kappa shape index (κ2) is 11.5. The minimum absolute atomic E-state index is 0.0296. The van der Waals surface area contributed by atoms with E-state index in [1.54, 1.807) is 24.3 Å². The van der Waals surface area contributed by atoms with E-state index in [1.165, 1.54) is 19.4 Å². The van der Waals surface area contributed by atoms with E-state index >= 15 is 0 Å². The Bertz CT molecular complexity index is 1050. The van der Waals surface area contributed by atoms with Crippen molar-refractivity contribution in [3.05, 3.63) is 53.9 Å². The van der Waals surface area contributed by atoms with Crippen LogP contribution in [0, 0.1) is 0 Å². The summed E-state index contributed by atoms with van der Waals surface area (Å²) in [5.41, 5.74) is 0.418. The molecule has 1 aliphatic heterocycles. The largest absolute Gasteiger partial charge is 0.503 e. The fourth-order valence-corrected chi connectivity index (χ4v) is 2.96. The Balaban J connectivity index is 1.58. The SMILES string of the molecule is COc1ccnc(C(=O)NC2COC(=O)C[C@H](NC(=O)OCc3ccccc3)C(=O)OC2)c1O. The summed E-state index contributed by atoms with van der Waals surface area (Å²) < 4.78 is 20.2. The van der Waals surface area contributed by atoms with Gasteiger partial charge in [0.15, 0.2) is 17.2 Å². The van der Waals surface area contributed by atoms with Gasteiger partial charge in [-0.25, -0.2) is 14.6 Å². The lowest BCUT2D eigenvalue weighted by atomic mass is 10.2. The lowest BCUT2D eigenvalue weighted by Crippen LogP contribution is -2.44. The lowest BCUT2D eigenvalue weighted by Gasteiger charge is -2.18. The average molecular weight is 473 g/mol. The first-order valence-electron chi connectivity index (χ1n) is 10.2. The molecule has 180 valence electrons. The number of carbonyl (C=O) groups is 4. The second-order valence-electron chi connectivity index (χ2n) is 7.16. The third kappa shape index (κ3) is 6.58. The highest BCUT2D eigenvalue weighted by atomic mass is 16.6. The van der Waals surface area contributed by atoms with Crippen LogP contribution in [0.2, 0.25) is 0 Å². The Morgan fingerprint density at radius 3 is 2.59 bits per heavy atom. The van der Waals surface area contributed by atoms with Crippen LogP contribution in [0.1, 0.15) is 22.5 Å². The number of pyridine rings is 1. The van der Waals surface area contributed by atoms with Crippen LogP contribution in [-0.2, 0) is 30.4 Å². The molecule has 2 aromatic rings. The number of alkyl carbamates (subject to hydrolysis) is 1. The summed E-state index contributed by atoms with van der Waals surface area (Å²) in [5.74, 6) is -2.93. The molecule has 12 heteroatoms. The molecule has 0 saturated carbocycles. The molecule has 0 radical (unpaired) electrons. The number of aromatic nitrogens is 1. The van der Waals surface area contributed by atoms with Gasteiger partial charge >= 0.3 is 18.0 Å². The van der Waals surface area contributed by atoms with Crippen molar-refractivity contribution in [2.45, 2.75) is 25.1 Å². The van der Waals surface area contributed by atoms with Gasteiger partial charge in [0.2, 0.25) is 0 Å². The van der Waals surface area contributed by atoms with Gasteiger partial charge in [0.25, 0.3) is 5.91 Å². The van der Waals surface area contributed by atoms with Crippen LogP contribution in [0.15, 0.2) is 42.6 Å². The summed E-state index contributed by atoms with van der Waals surface area (Å²) >= 11 is 0. The molecule has 1 aromatic heterocycles. The molecule has 2 atom stereocenters. The van der Waals surface area contributed by atoms with Crippen molar-refractivity contribution in [2.75, 3.05) is 20.3 Å². The highest BCUT2D eigenvalue weighted by molar-refractivity contribution is 5.95. The quantitative estimate of drug-likeness (QED) is 0.402. The number of rotatable bonds is 6. The van der Waals surface area contributed by atoms with Crippen LogP contribution >= 0.6 is 0 Å². The van der Waals surface area contributed by atoms with Crippen LogP contribution in [0.3, 0.4) is 0 Å². The van der Waals surface area contributed by atoms with Gasteiger partial charge in [0, 0.05) is 12.3 Å². The molecule has 12 nitrogen and oxygen atoms in total. The summed E-state index contributed by atoms with van der Waals surface area (Å²) in [4.78, 5) is 53.0. The number of methoxy groups -OCH3 is 1. The Hall–Kier alpha value is -4.35. The van der Waals surface area contributed by atoms with Gasteiger partial charge in [-0.1, -0.05) is 30.3 Å². The molecule has 1 unspecified atom stereocenters. The molecule has 2 heterocycles. The monoisotopic (exact) mass is 473 g/mol. The van der Waals surface area contributed by atoms with Crippen molar-refractivity contribution in [1.82, 2.24) is 15.6 Å². The number of amides is 2. The molecule has 1 aromatic carbocycles. The topological polar surface area (TPSA) is 162 Å². The maximum Gasteiger partial charge on any atom is 0.408 e. The number of nitrogens with zero attached hydrogens (tertiary/aromatic N) is 1. The highest BCUT2D eigenvalue weighted by Crippen LogP contribution is 2.27. The van der Waals surface area contributed by atoms with Gasteiger partial charge in [-0.3, -0.25) is 9.59 Å². The molecule has 0 bridgehead atoms. The molecular weight excluding hydrogens is 450 g/mol. The Labute approximate surface area is 194 Å². The molecule has 34 heavy (non-hydrogen) atoms. The zero-order chi connectivity index (χ0) is 24.5. The minimum atomic E-state index is -1.34. The maximum atomic E-state index is 12.5. The number of ether oxygens (including phenoxy) is 4. The van der Waals surface area contributed by atoms with E-state index < -0.39 is 48.2 Å². The normalized spacial score (nSPS) is 18.3. The summed E-state index contributed by atoms with van der Waals surface area (Å²) in [6.07, 6.45) is -0.135. The molecule has 3 N–H and O–H groups in total. The third-order valence-corrected chi connectivity index (χ3v) is 4.69. The molecule has 0 spiro atoms. The van der Waals surface area contributed by atoms with Crippen molar-refractivity contribution in [1.29, 1.82) is 0 Å². The van der Waals surface area contributed by atoms with Gasteiger partial charge in [-0.15, -0.1) is 0 Å². The smallest absolute Gasteiger partial charge is 0.408 e. The molecular formula is C22H23N3O9. The van der Waals surface area contributed by atoms with E-state index in [0.717, 1.165) is 5.56 Å². The molecule has 3 rings (SSSR count). The summed E-state index contributed by atoms with van der Waals surface area (Å²) in [6.45, 7) is -0.703. The van der Waals surface area contributed by atoms with Crippen LogP contribution in [0.5, 0.6) is 11.5 Å². The fourth-order valence-electron chi connectivity index (χ4n) is 2.96. The van der Waals surface area contributed by atoms with Gasteiger partial charge in [0.05, 0.1) is 19.6 Å². The van der Waals surface area contributed by atoms with Crippen LogP contribution < -0.4 is 15.4 Å². The average Bonchev–Trinajstić information content (AvgIpc) is 2.89. The molecule has 1 aliphatic rings. The van der Waals surface area contributed by atoms with E-state index in [2.05, 4.69) is 15.6 Å². The third-order valence-electron chi connectivity index (χ3n) is 4.69. The zero-order valence-corrected chi connectivity index (χ0v) is 18.2. The molecule has 0 aliphatic carbocycles. The van der Waals surface area contributed by atoms with Gasteiger partial charge in [0.1, 0.15) is 25.9 Å². The zero-order valence-electron chi connectivity index (χ0n) is 18.2. The molecule has 1 fully saturated rings. The maximum absolute atomic E-state index is 12.5. The standard InChI is InChI=1S/C22H23N3O9/c1-31-16-7-8-23-18(19(16)27)20(28)24-14-11-32-17(26)9-15(21(29)33-12-14)25-22(30)34-10-13-5-3-2-4-6-13/h2-8,14-15,27H,9-12H2,1H3,(H,24,28)(H,25,30)/t14?,15-/m0/s1. The number of nitrogens with one attached hydrogen (secondary N) is 2. The van der Waals surface area contributed by atoms with Gasteiger partial charge < -0.3 is 34.7 Å². The Morgan fingerprint density at radius 1 is 1.12 bits per heavy atom. The lowest BCUT2D eigenvalue weighted by molar-refractivity contribution is -0.149. The second-order valence-corrected chi connectivity index (χ2v) is 7.16. The highest BCUT2D eigenvalue weighted by Gasteiger charge is 2.31. The Kier molecular flexibility index (Phi) is 8.21. The number of benzene rings is 1. The first-order valence-corrected chi connectivity index (χ1v) is 10.2. The van der Waals surface area contributed by atoms with Crippen molar-refractivity contribution >= 4 is 23.9 Å². The van der Waals surface area contributed by atoms with Crippen LogP contribution in [0.4, 0.5) is 4.79 Å². The van der Waals surface area contributed by atoms with Crippen LogP contribution in [0.25, 0.3) is 0 Å².